The van der Waals surface area contributed by atoms with Gasteiger partial charge in [0, 0.05) is 11.5 Å². The van der Waals surface area contributed by atoms with Gasteiger partial charge in [-0.05, 0) is 17.7 Å². The highest BCUT2D eigenvalue weighted by atomic mass is 35.5. The van der Waals surface area contributed by atoms with E-state index in [-0.39, 0.29) is 11.4 Å². The van der Waals surface area contributed by atoms with Gasteiger partial charge in [0.1, 0.15) is 5.82 Å². The molecule has 1 aromatic rings. The predicted molar refractivity (Wildman–Crippen MR) is 59.8 cm³/mol. The molecule has 0 aromatic heterocycles. The summed E-state index contributed by atoms with van der Waals surface area (Å²) >= 11 is 7.09. The van der Waals surface area contributed by atoms with Crippen molar-refractivity contribution in [1.29, 1.82) is 0 Å². The molecule has 1 N–H and O–H groups in total. The van der Waals surface area contributed by atoms with Gasteiger partial charge in [-0.25, -0.2) is 4.39 Å². The van der Waals surface area contributed by atoms with Crippen LogP contribution in [0.25, 0.3) is 0 Å². The Labute approximate surface area is 96.4 Å². The van der Waals surface area contributed by atoms with Gasteiger partial charge in [0.05, 0.1) is 11.4 Å². The Kier molecular flexibility index (Phi) is 4.91. The molecule has 0 bridgehead atoms. The van der Waals surface area contributed by atoms with E-state index >= 15 is 0 Å². The van der Waals surface area contributed by atoms with Gasteiger partial charge in [0.2, 0.25) is 0 Å². The molecule has 0 aliphatic rings. The second-order valence-corrected chi connectivity index (χ2v) is 4.46. The van der Waals surface area contributed by atoms with Gasteiger partial charge in [0.25, 0.3) is 0 Å². The van der Waals surface area contributed by atoms with Crippen LogP contribution in [0, 0.1) is 5.82 Å². The molecule has 0 amide bonds. The molecule has 0 saturated carbocycles. The third-order valence-corrected chi connectivity index (χ3v) is 3.03. The summed E-state index contributed by atoms with van der Waals surface area (Å²) in [7, 11) is 0. The van der Waals surface area contributed by atoms with Crippen molar-refractivity contribution in [1.82, 2.24) is 0 Å². The standard InChI is InChI=1S/C10H10ClFO2S/c11-8-5-7(1-2-9(8)12)6-15-4-3-10(13)14/h1-2,5H,3-4,6H2,(H,13,14). The van der Waals surface area contributed by atoms with Crippen LogP contribution in [0.1, 0.15) is 12.0 Å². The number of aliphatic carboxylic acids is 1. The van der Waals surface area contributed by atoms with E-state index < -0.39 is 11.8 Å². The highest BCUT2D eigenvalue weighted by Gasteiger charge is 2.02. The number of thioether (sulfide) groups is 1. The fraction of sp³-hybridized carbons (Fsp3) is 0.300. The van der Waals surface area contributed by atoms with E-state index in [0.717, 1.165) is 5.56 Å². The maximum atomic E-state index is 12.8. The number of hydrogen-bond acceptors (Lipinski definition) is 2. The van der Waals surface area contributed by atoms with Crippen molar-refractivity contribution >= 4 is 29.3 Å². The Balaban J connectivity index is 2.38. The lowest BCUT2D eigenvalue weighted by Crippen LogP contribution is -1.96. The molecule has 0 saturated heterocycles. The number of carboxylic acid groups (broad SMARTS) is 1. The molecule has 2 nitrogen and oxygen atoms in total. The van der Waals surface area contributed by atoms with E-state index in [2.05, 4.69) is 0 Å². The Bertz CT molecular complexity index is 357. The van der Waals surface area contributed by atoms with Gasteiger partial charge in [-0.15, -0.1) is 0 Å². The third-order valence-electron chi connectivity index (χ3n) is 1.71. The fourth-order valence-corrected chi connectivity index (χ4v) is 2.06. The lowest BCUT2D eigenvalue weighted by atomic mass is 10.2. The van der Waals surface area contributed by atoms with Crippen LogP contribution in [0.2, 0.25) is 5.02 Å². The summed E-state index contributed by atoms with van der Waals surface area (Å²) < 4.78 is 12.8. The molecule has 1 aromatic carbocycles. The van der Waals surface area contributed by atoms with E-state index in [0.29, 0.717) is 11.5 Å². The highest BCUT2D eigenvalue weighted by Crippen LogP contribution is 2.19. The van der Waals surface area contributed by atoms with Crippen molar-refractivity contribution in [2.45, 2.75) is 12.2 Å². The van der Waals surface area contributed by atoms with E-state index in [9.17, 15) is 9.18 Å². The average molecular weight is 249 g/mol. The number of rotatable bonds is 5. The van der Waals surface area contributed by atoms with Crippen molar-refractivity contribution in [3.05, 3.63) is 34.6 Å². The molecule has 0 atom stereocenters. The molecule has 0 spiro atoms. The van der Waals surface area contributed by atoms with Crippen LogP contribution in [0.3, 0.4) is 0 Å². The minimum atomic E-state index is -0.806. The lowest BCUT2D eigenvalue weighted by molar-refractivity contribution is -0.136. The summed E-state index contributed by atoms with van der Waals surface area (Å²) in [5.41, 5.74) is 0.900. The summed E-state index contributed by atoms with van der Waals surface area (Å²) in [4.78, 5) is 10.2. The first-order valence-electron chi connectivity index (χ1n) is 4.33. The van der Waals surface area contributed by atoms with Crippen molar-refractivity contribution in [3.8, 4) is 0 Å². The minimum absolute atomic E-state index is 0.103. The number of halogens is 2. The van der Waals surface area contributed by atoms with Gasteiger partial charge >= 0.3 is 5.97 Å². The van der Waals surface area contributed by atoms with Crippen LogP contribution < -0.4 is 0 Å². The second kappa shape index (κ2) is 5.98. The van der Waals surface area contributed by atoms with Crippen molar-refractivity contribution < 1.29 is 14.3 Å². The summed E-state index contributed by atoms with van der Waals surface area (Å²) in [6, 6.07) is 4.52. The zero-order valence-electron chi connectivity index (χ0n) is 7.87. The highest BCUT2D eigenvalue weighted by molar-refractivity contribution is 7.98. The molecule has 0 aliphatic carbocycles. The number of hydrogen-bond donors (Lipinski definition) is 1. The maximum Gasteiger partial charge on any atom is 0.304 e. The van der Waals surface area contributed by atoms with Crippen molar-refractivity contribution in [2.75, 3.05) is 5.75 Å². The van der Waals surface area contributed by atoms with Gasteiger partial charge in [-0.2, -0.15) is 11.8 Å². The van der Waals surface area contributed by atoms with E-state index in [1.807, 2.05) is 0 Å². The Morgan fingerprint density at radius 1 is 1.53 bits per heavy atom. The monoisotopic (exact) mass is 248 g/mol. The van der Waals surface area contributed by atoms with Crippen molar-refractivity contribution in [2.24, 2.45) is 0 Å². The first kappa shape index (κ1) is 12.3. The Hall–Kier alpha value is -0.740. The SMILES string of the molecule is O=C(O)CCSCc1ccc(F)c(Cl)c1. The zero-order valence-corrected chi connectivity index (χ0v) is 9.45. The normalized spacial score (nSPS) is 10.3. The predicted octanol–water partition coefficient (Wildman–Crippen LogP) is 3.19. The van der Waals surface area contributed by atoms with E-state index in [4.69, 9.17) is 16.7 Å². The largest absolute Gasteiger partial charge is 0.481 e. The number of carbonyl (C=O) groups is 1. The number of carboxylic acids is 1. The van der Waals surface area contributed by atoms with Crippen LogP contribution in [-0.4, -0.2) is 16.8 Å². The number of benzene rings is 1. The minimum Gasteiger partial charge on any atom is -0.481 e. The molecule has 82 valence electrons. The summed E-state index contributed by atoms with van der Waals surface area (Å²) in [5.74, 6) is -0.0481. The summed E-state index contributed by atoms with van der Waals surface area (Å²) in [6.07, 6.45) is 0.138. The van der Waals surface area contributed by atoms with Gasteiger partial charge in [-0.1, -0.05) is 17.7 Å². The Morgan fingerprint density at radius 2 is 2.27 bits per heavy atom. The first-order valence-corrected chi connectivity index (χ1v) is 5.86. The average Bonchev–Trinajstić information content (AvgIpc) is 2.18. The molecule has 0 heterocycles. The van der Waals surface area contributed by atoms with Gasteiger partial charge in [-0.3, -0.25) is 4.79 Å². The third kappa shape index (κ3) is 4.53. The summed E-state index contributed by atoms with van der Waals surface area (Å²) in [5, 5.41) is 8.51. The zero-order chi connectivity index (χ0) is 11.3. The molecule has 0 unspecified atom stereocenters. The quantitative estimate of drug-likeness (QED) is 0.814. The van der Waals surface area contributed by atoms with Crippen LogP contribution in [0.15, 0.2) is 18.2 Å². The second-order valence-electron chi connectivity index (χ2n) is 2.94. The van der Waals surface area contributed by atoms with Crippen LogP contribution in [0.5, 0.6) is 0 Å². The topological polar surface area (TPSA) is 37.3 Å². The smallest absolute Gasteiger partial charge is 0.304 e. The molecule has 5 heteroatoms. The molecule has 0 aliphatic heterocycles. The first-order chi connectivity index (χ1) is 7.09. The van der Waals surface area contributed by atoms with Crippen LogP contribution in [-0.2, 0) is 10.5 Å². The van der Waals surface area contributed by atoms with Crippen LogP contribution >= 0.6 is 23.4 Å². The van der Waals surface area contributed by atoms with Crippen molar-refractivity contribution in [3.63, 3.8) is 0 Å². The van der Waals surface area contributed by atoms with Gasteiger partial charge in [0.15, 0.2) is 0 Å². The van der Waals surface area contributed by atoms with E-state index in [1.165, 1.54) is 17.8 Å². The molecular weight excluding hydrogens is 239 g/mol. The molecule has 1 rings (SSSR count). The molecule has 15 heavy (non-hydrogen) atoms. The molecule has 0 fully saturated rings. The fourth-order valence-electron chi connectivity index (χ4n) is 0.979. The summed E-state index contributed by atoms with van der Waals surface area (Å²) in [6.45, 7) is 0. The lowest BCUT2D eigenvalue weighted by Gasteiger charge is -2.01. The maximum absolute atomic E-state index is 12.8. The van der Waals surface area contributed by atoms with Gasteiger partial charge < -0.3 is 5.11 Å². The Morgan fingerprint density at radius 3 is 2.87 bits per heavy atom. The molecule has 0 radical (unpaired) electrons. The van der Waals surface area contributed by atoms with E-state index in [1.54, 1.807) is 12.1 Å². The van der Waals surface area contributed by atoms with Crippen LogP contribution in [0.4, 0.5) is 4.39 Å². The molecular formula is C10H10ClFO2S.